The van der Waals surface area contributed by atoms with Crippen LogP contribution < -0.4 is 0 Å². The molecule has 3 heteroatoms. The largest absolute Gasteiger partial charge is 0.338 e. The van der Waals surface area contributed by atoms with Crippen LogP contribution in [0, 0.1) is 0 Å². The number of alkyl halides is 1. The summed E-state index contributed by atoms with van der Waals surface area (Å²) in [6, 6.07) is 10.7. The average Bonchev–Trinajstić information content (AvgIpc) is 2.40. The molecule has 0 N–H and O–H groups in total. The van der Waals surface area contributed by atoms with E-state index in [4.69, 9.17) is 11.6 Å². The van der Waals surface area contributed by atoms with Gasteiger partial charge in [-0.1, -0.05) is 30.3 Å². The molecule has 2 nitrogen and oxygen atoms in total. The van der Waals surface area contributed by atoms with Gasteiger partial charge in [-0.15, -0.1) is 11.6 Å². The zero-order valence-corrected chi connectivity index (χ0v) is 10.7. The first-order valence-electron chi connectivity index (χ1n) is 6.20. The number of amides is 1. The number of hydrogen-bond acceptors (Lipinski definition) is 1. The molecule has 92 valence electrons. The van der Waals surface area contributed by atoms with E-state index in [2.05, 4.69) is 12.1 Å². The third-order valence-electron chi connectivity index (χ3n) is 3.38. The van der Waals surface area contributed by atoms with Gasteiger partial charge in [-0.25, -0.2) is 0 Å². The Labute approximate surface area is 108 Å². The van der Waals surface area contributed by atoms with Crippen molar-refractivity contribution in [2.24, 2.45) is 0 Å². The molecule has 0 spiro atoms. The highest BCUT2D eigenvalue weighted by Crippen LogP contribution is 2.21. The quantitative estimate of drug-likeness (QED) is 0.757. The minimum atomic E-state index is 0.0762. The van der Waals surface area contributed by atoms with E-state index in [-0.39, 0.29) is 11.8 Å². The Hall–Kier alpha value is -1.02. The highest BCUT2D eigenvalue weighted by Gasteiger charge is 2.25. The van der Waals surface area contributed by atoms with E-state index in [0.29, 0.717) is 6.04 Å². The summed E-state index contributed by atoms with van der Waals surface area (Å²) in [6.45, 7) is 0.864. The van der Waals surface area contributed by atoms with Gasteiger partial charge < -0.3 is 4.90 Å². The van der Waals surface area contributed by atoms with Gasteiger partial charge in [0.1, 0.15) is 5.88 Å². The molecular formula is C14H18ClNO. The number of piperidine rings is 1. The van der Waals surface area contributed by atoms with E-state index in [1.165, 1.54) is 12.0 Å². The van der Waals surface area contributed by atoms with Crippen molar-refractivity contribution in [1.82, 2.24) is 4.90 Å². The number of carbonyl (C=O) groups is 1. The van der Waals surface area contributed by atoms with Crippen LogP contribution >= 0.6 is 11.6 Å². The van der Waals surface area contributed by atoms with Crippen molar-refractivity contribution in [3.05, 3.63) is 35.9 Å². The molecule has 1 atom stereocenters. The van der Waals surface area contributed by atoms with Gasteiger partial charge in [0, 0.05) is 12.6 Å². The molecule has 1 aromatic rings. The number of carbonyl (C=O) groups excluding carboxylic acids is 1. The highest BCUT2D eigenvalue weighted by molar-refractivity contribution is 6.27. The fraction of sp³-hybridized carbons (Fsp3) is 0.500. The second-order valence-corrected chi connectivity index (χ2v) is 4.83. The summed E-state index contributed by atoms with van der Waals surface area (Å²) in [6.07, 6.45) is 4.36. The van der Waals surface area contributed by atoms with Gasteiger partial charge in [-0.05, 0) is 31.2 Å². The molecule has 1 fully saturated rings. The van der Waals surface area contributed by atoms with Crippen molar-refractivity contribution in [2.75, 3.05) is 12.4 Å². The molecule has 1 aromatic carbocycles. The van der Waals surface area contributed by atoms with Crippen LogP contribution in [0.25, 0.3) is 0 Å². The predicted octanol–water partition coefficient (Wildman–Crippen LogP) is 2.85. The van der Waals surface area contributed by atoms with Crippen LogP contribution in [0.3, 0.4) is 0 Å². The van der Waals surface area contributed by atoms with Crippen LogP contribution in [0.4, 0.5) is 0 Å². The van der Waals surface area contributed by atoms with Gasteiger partial charge in [0.25, 0.3) is 0 Å². The number of benzene rings is 1. The van der Waals surface area contributed by atoms with Crippen molar-refractivity contribution < 1.29 is 4.79 Å². The van der Waals surface area contributed by atoms with Crippen molar-refractivity contribution >= 4 is 17.5 Å². The zero-order chi connectivity index (χ0) is 12.1. The van der Waals surface area contributed by atoms with Gasteiger partial charge in [0.2, 0.25) is 5.91 Å². The van der Waals surface area contributed by atoms with Crippen LogP contribution in [0.15, 0.2) is 30.3 Å². The van der Waals surface area contributed by atoms with Gasteiger partial charge >= 0.3 is 0 Å². The summed E-state index contributed by atoms with van der Waals surface area (Å²) in [4.78, 5) is 13.7. The summed E-state index contributed by atoms with van der Waals surface area (Å²) >= 11 is 5.66. The Kier molecular flexibility index (Phi) is 4.43. The predicted molar refractivity (Wildman–Crippen MR) is 70.2 cm³/mol. The first-order chi connectivity index (χ1) is 8.31. The molecule has 2 rings (SSSR count). The number of hydrogen-bond donors (Lipinski definition) is 0. The van der Waals surface area contributed by atoms with Gasteiger partial charge in [0.05, 0.1) is 0 Å². The lowest BCUT2D eigenvalue weighted by Crippen LogP contribution is -2.45. The monoisotopic (exact) mass is 251 g/mol. The van der Waals surface area contributed by atoms with E-state index in [1.54, 1.807) is 0 Å². The summed E-state index contributed by atoms with van der Waals surface area (Å²) in [5, 5.41) is 0. The summed E-state index contributed by atoms with van der Waals surface area (Å²) < 4.78 is 0. The molecule has 1 aliphatic heterocycles. The molecule has 1 amide bonds. The molecule has 0 radical (unpaired) electrons. The number of nitrogens with zero attached hydrogens (tertiary/aromatic N) is 1. The Bertz CT molecular complexity index is 366. The Morgan fingerprint density at radius 2 is 2.06 bits per heavy atom. The summed E-state index contributed by atoms with van der Waals surface area (Å²) in [5.74, 6) is 0.179. The lowest BCUT2D eigenvalue weighted by Gasteiger charge is -2.35. The second-order valence-electron chi connectivity index (χ2n) is 4.56. The van der Waals surface area contributed by atoms with Gasteiger partial charge in [-0.2, -0.15) is 0 Å². The van der Waals surface area contributed by atoms with Crippen LogP contribution in [0.1, 0.15) is 24.8 Å². The van der Waals surface area contributed by atoms with E-state index in [1.807, 2.05) is 23.1 Å². The van der Waals surface area contributed by atoms with Crippen molar-refractivity contribution in [3.63, 3.8) is 0 Å². The van der Waals surface area contributed by atoms with E-state index < -0.39 is 0 Å². The van der Waals surface area contributed by atoms with E-state index >= 15 is 0 Å². The maximum absolute atomic E-state index is 11.8. The van der Waals surface area contributed by atoms with Crippen molar-refractivity contribution in [2.45, 2.75) is 31.7 Å². The Balaban J connectivity index is 2.04. The SMILES string of the molecule is O=C(CCl)N1CCCC[C@@H]1Cc1ccccc1. The zero-order valence-electron chi connectivity index (χ0n) is 9.94. The third-order valence-corrected chi connectivity index (χ3v) is 3.60. The summed E-state index contributed by atoms with van der Waals surface area (Å²) in [5.41, 5.74) is 1.30. The molecule has 1 aliphatic rings. The number of likely N-dealkylation sites (tertiary alicyclic amines) is 1. The fourth-order valence-electron chi connectivity index (χ4n) is 2.50. The first kappa shape index (κ1) is 12.4. The topological polar surface area (TPSA) is 20.3 Å². The first-order valence-corrected chi connectivity index (χ1v) is 6.74. The second kappa shape index (κ2) is 6.06. The number of rotatable bonds is 3. The van der Waals surface area contributed by atoms with Gasteiger partial charge in [-0.3, -0.25) is 4.79 Å². The minimum Gasteiger partial charge on any atom is -0.338 e. The standard InChI is InChI=1S/C14H18ClNO/c15-11-14(17)16-9-5-4-8-13(16)10-12-6-2-1-3-7-12/h1-3,6-7,13H,4-5,8-11H2/t13-/m1/s1. The fourth-order valence-corrected chi connectivity index (χ4v) is 2.66. The molecule has 0 saturated carbocycles. The third kappa shape index (κ3) is 3.22. The van der Waals surface area contributed by atoms with Crippen LogP contribution in [-0.2, 0) is 11.2 Å². The summed E-state index contributed by atoms with van der Waals surface area (Å²) in [7, 11) is 0. The lowest BCUT2D eigenvalue weighted by molar-refractivity contribution is -0.132. The van der Waals surface area contributed by atoms with Crippen LogP contribution in [-0.4, -0.2) is 29.3 Å². The van der Waals surface area contributed by atoms with Gasteiger partial charge in [0.15, 0.2) is 0 Å². The molecular weight excluding hydrogens is 234 g/mol. The Morgan fingerprint density at radius 3 is 2.76 bits per heavy atom. The Morgan fingerprint density at radius 1 is 1.29 bits per heavy atom. The van der Waals surface area contributed by atoms with Crippen LogP contribution in [0.5, 0.6) is 0 Å². The molecule has 0 aromatic heterocycles. The maximum atomic E-state index is 11.8. The van der Waals surface area contributed by atoms with Crippen LogP contribution in [0.2, 0.25) is 0 Å². The molecule has 1 heterocycles. The number of halogens is 1. The highest BCUT2D eigenvalue weighted by atomic mass is 35.5. The normalized spacial score (nSPS) is 20.3. The minimum absolute atomic E-state index is 0.0762. The van der Waals surface area contributed by atoms with E-state index in [0.717, 1.165) is 25.8 Å². The molecule has 0 aliphatic carbocycles. The molecule has 0 bridgehead atoms. The smallest absolute Gasteiger partial charge is 0.237 e. The van der Waals surface area contributed by atoms with Crippen molar-refractivity contribution in [1.29, 1.82) is 0 Å². The lowest BCUT2D eigenvalue weighted by atomic mass is 9.95. The maximum Gasteiger partial charge on any atom is 0.237 e. The van der Waals surface area contributed by atoms with E-state index in [9.17, 15) is 4.79 Å². The molecule has 17 heavy (non-hydrogen) atoms. The molecule has 1 saturated heterocycles. The molecule has 0 unspecified atom stereocenters. The van der Waals surface area contributed by atoms with Crippen molar-refractivity contribution in [3.8, 4) is 0 Å². The average molecular weight is 252 g/mol.